The van der Waals surface area contributed by atoms with Crippen LogP contribution in [0.5, 0.6) is 0 Å². The lowest BCUT2D eigenvalue weighted by Gasteiger charge is -2.06. The fourth-order valence-electron chi connectivity index (χ4n) is 2.95. The summed E-state index contributed by atoms with van der Waals surface area (Å²) in [6.45, 7) is 5.46. The third kappa shape index (κ3) is 21.1. The second-order valence-electron chi connectivity index (χ2n) is 7.22. The predicted molar refractivity (Wildman–Crippen MR) is 107 cm³/mol. The maximum atomic E-state index is 11.6. The van der Waals surface area contributed by atoms with Gasteiger partial charge in [0.1, 0.15) is 5.78 Å². The Morgan fingerprint density at radius 3 is 1.64 bits per heavy atom. The number of amides is 1. The van der Waals surface area contributed by atoms with Crippen molar-refractivity contribution in [1.29, 1.82) is 0 Å². The Bertz CT molecular complexity index is 319. The van der Waals surface area contributed by atoms with E-state index in [1.807, 2.05) is 0 Å². The van der Waals surface area contributed by atoms with E-state index in [-0.39, 0.29) is 11.7 Å². The van der Waals surface area contributed by atoms with Gasteiger partial charge in [-0.05, 0) is 13.3 Å². The van der Waals surface area contributed by atoms with Gasteiger partial charge in [0.2, 0.25) is 5.91 Å². The summed E-state index contributed by atoms with van der Waals surface area (Å²) >= 11 is 0. The fraction of sp³-hybridized carbons (Fsp3) is 0.905. The molecule has 0 radical (unpaired) electrons. The van der Waals surface area contributed by atoms with Crippen molar-refractivity contribution in [2.45, 2.75) is 104 Å². The minimum Gasteiger partial charge on any atom is -0.355 e. The van der Waals surface area contributed by atoms with E-state index in [1.54, 1.807) is 6.92 Å². The van der Waals surface area contributed by atoms with E-state index < -0.39 is 0 Å². The van der Waals surface area contributed by atoms with Crippen molar-refractivity contribution in [3.05, 3.63) is 0 Å². The van der Waals surface area contributed by atoms with Crippen LogP contribution in [0, 0.1) is 0 Å². The highest BCUT2D eigenvalue weighted by atomic mass is 16.1. The van der Waals surface area contributed by atoms with Crippen LogP contribution in [0.25, 0.3) is 0 Å². The van der Waals surface area contributed by atoms with Crippen LogP contribution in [0.4, 0.5) is 0 Å². The van der Waals surface area contributed by atoms with E-state index in [0.717, 1.165) is 12.8 Å². The van der Waals surface area contributed by atoms with Crippen LogP contribution in [0.15, 0.2) is 0 Å². The third-order valence-corrected chi connectivity index (χ3v) is 4.51. The Morgan fingerprint density at radius 2 is 1.16 bits per heavy atom. The molecule has 148 valence electrons. The normalized spacial score (nSPS) is 10.8. The molecule has 0 saturated carbocycles. The number of rotatable bonds is 19. The smallest absolute Gasteiger partial charge is 0.220 e. The van der Waals surface area contributed by atoms with Gasteiger partial charge in [-0.15, -0.1) is 0 Å². The highest BCUT2D eigenvalue weighted by Crippen LogP contribution is 2.12. The summed E-state index contributed by atoms with van der Waals surface area (Å²) in [7, 11) is 0. The fourth-order valence-corrected chi connectivity index (χ4v) is 2.95. The van der Waals surface area contributed by atoms with Crippen LogP contribution in [0.1, 0.15) is 104 Å². The number of hydrogen-bond acceptors (Lipinski definition) is 3. The minimum absolute atomic E-state index is 0.123. The third-order valence-electron chi connectivity index (χ3n) is 4.51. The van der Waals surface area contributed by atoms with Crippen molar-refractivity contribution in [3.8, 4) is 0 Å². The van der Waals surface area contributed by atoms with Crippen LogP contribution in [-0.4, -0.2) is 31.3 Å². The molecule has 4 nitrogen and oxygen atoms in total. The molecule has 0 aromatic rings. The molecule has 25 heavy (non-hydrogen) atoms. The average Bonchev–Trinajstić information content (AvgIpc) is 2.58. The molecule has 1 amide bonds. The summed E-state index contributed by atoms with van der Waals surface area (Å²) in [4.78, 5) is 22.4. The number of unbranched alkanes of at least 4 members (excludes halogenated alkanes) is 12. The molecule has 0 aromatic carbocycles. The van der Waals surface area contributed by atoms with Gasteiger partial charge in [-0.2, -0.15) is 0 Å². The van der Waals surface area contributed by atoms with Crippen LogP contribution < -0.4 is 10.6 Å². The summed E-state index contributed by atoms with van der Waals surface area (Å²) in [6, 6.07) is 0. The van der Waals surface area contributed by atoms with Crippen molar-refractivity contribution in [3.63, 3.8) is 0 Å². The van der Waals surface area contributed by atoms with Crippen LogP contribution in [0.2, 0.25) is 0 Å². The summed E-state index contributed by atoms with van der Waals surface area (Å²) in [5, 5.41) is 5.88. The van der Waals surface area contributed by atoms with Gasteiger partial charge in [-0.3, -0.25) is 9.59 Å². The molecule has 0 aliphatic heterocycles. The number of carbonyl (C=O) groups excluding carboxylic acids is 2. The Hall–Kier alpha value is -0.900. The molecule has 4 heteroatoms. The Morgan fingerprint density at radius 1 is 0.680 bits per heavy atom. The molecule has 0 aromatic heterocycles. The van der Waals surface area contributed by atoms with Gasteiger partial charge in [-0.1, -0.05) is 84.0 Å². The molecule has 0 atom stereocenters. The predicted octanol–water partition coefficient (Wildman–Crippen LogP) is 4.76. The van der Waals surface area contributed by atoms with E-state index in [4.69, 9.17) is 0 Å². The first-order valence-corrected chi connectivity index (χ1v) is 10.6. The second kappa shape index (κ2) is 19.4. The lowest BCUT2D eigenvalue weighted by atomic mass is 10.0. The molecule has 0 heterocycles. The first-order valence-electron chi connectivity index (χ1n) is 10.6. The molecular formula is C21H42N2O2. The molecule has 0 fully saturated rings. The summed E-state index contributed by atoms with van der Waals surface area (Å²) < 4.78 is 0. The van der Waals surface area contributed by atoms with Crippen LogP contribution in [0.3, 0.4) is 0 Å². The van der Waals surface area contributed by atoms with Gasteiger partial charge in [0.05, 0.1) is 6.54 Å². The highest BCUT2D eigenvalue weighted by Gasteiger charge is 2.00. The zero-order valence-corrected chi connectivity index (χ0v) is 16.8. The molecule has 2 N–H and O–H groups in total. The molecule has 0 saturated heterocycles. The average molecular weight is 355 g/mol. The number of Topliss-reactive ketones (excluding diaryl/α,β-unsaturated/α-hetero) is 1. The Kier molecular flexibility index (Phi) is 18.7. The van der Waals surface area contributed by atoms with Gasteiger partial charge >= 0.3 is 0 Å². The number of carbonyl (C=O) groups is 2. The SMILES string of the molecule is CCCCCCCCCCCCCCCC(=O)NCCNCC(C)=O. The maximum Gasteiger partial charge on any atom is 0.220 e. The monoisotopic (exact) mass is 354 g/mol. The zero-order chi connectivity index (χ0) is 18.6. The molecule has 0 unspecified atom stereocenters. The first kappa shape index (κ1) is 24.1. The highest BCUT2D eigenvalue weighted by molar-refractivity contribution is 5.77. The van der Waals surface area contributed by atoms with Crippen molar-refractivity contribution in [1.82, 2.24) is 10.6 Å². The lowest BCUT2D eigenvalue weighted by molar-refractivity contribution is -0.121. The Labute approximate surface area is 155 Å². The number of nitrogens with one attached hydrogen (secondary N) is 2. The van der Waals surface area contributed by atoms with E-state index in [2.05, 4.69) is 17.6 Å². The lowest BCUT2D eigenvalue weighted by Crippen LogP contribution is -2.33. The van der Waals surface area contributed by atoms with Gasteiger partial charge in [0.15, 0.2) is 0 Å². The maximum absolute atomic E-state index is 11.6. The molecule has 0 aliphatic rings. The zero-order valence-electron chi connectivity index (χ0n) is 16.8. The number of hydrogen-bond donors (Lipinski definition) is 2. The van der Waals surface area contributed by atoms with Gasteiger partial charge in [0, 0.05) is 19.5 Å². The second-order valence-corrected chi connectivity index (χ2v) is 7.22. The van der Waals surface area contributed by atoms with Gasteiger partial charge in [-0.25, -0.2) is 0 Å². The largest absolute Gasteiger partial charge is 0.355 e. The van der Waals surface area contributed by atoms with E-state index in [1.165, 1.54) is 70.6 Å². The van der Waals surface area contributed by atoms with Gasteiger partial charge < -0.3 is 10.6 Å². The van der Waals surface area contributed by atoms with E-state index in [9.17, 15) is 9.59 Å². The minimum atomic E-state index is 0.123. The molecule has 0 aliphatic carbocycles. The summed E-state index contributed by atoms with van der Waals surface area (Å²) in [5.41, 5.74) is 0. The summed E-state index contributed by atoms with van der Waals surface area (Å²) in [5.74, 6) is 0.256. The van der Waals surface area contributed by atoms with E-state index >= 15 is 0 Å². The van der Waals surface area contributed by atoms with Gasteiger partial charge in [0.25, 0.3) is 0 Å². The molecule has 0 bridgehead atoms. The number of ketones is 1. The van der Waals surface area contributed by atoms with Crippen molar-refractivity contribution in [2.75, 3.05) is 19.6 Å². The van der Waals surface area contributed by atoms with Crippen molar-refractivity contribution < 1.29 is 9.59 Å². The molecular weight excluding hydrogens is 312 g/mol. The van der Waals surface area contributed by atoms with Crippen LogP contribution in [-0.2, 0) is 9.59 Å². The van der Waals surface area contributed by atoms with Crippen molar-refractivity contribution in [2.24, 2.45) is 0 Å². The van der Waals surface area contributed by atoms with E-state index in [0.29, 0.717) is 26.1 Å². The van der Waals surface area contributed by atoms with Crippen LogP contribution >= 0.6 is 0 Å². The standard InChI is InChI=1S/C21H42N2O2/c1-3-4-5-6-7-8-9-10-11-12-13-14-15-16-21(25)23-18-17-22-19-20(2)24/h22H,3-19H2,1-2H3,(H,23,25). The quantitative estimate of drug-likeness (QED) is 0.329. The molecule has 0 rings (SSSR count). The van der Waals surface area contributed by atoms with Crippen molar-refractivity contribution >= 4 is 11.7 Å². The summed E-state index contributed by atoms with van der Waals surface area (Å²) in [6.07, 6.45) is 17.9. The molecule has 0 spiro atoms. The topological polar surface area (TPSA) is 58.2 Å². The first-order chi connectivity index (χ1) is 12.2. The Balaban J connectivity index is 3.14.